The third kappa shape index (κ3) is 2.87. The maximum atomic E-state index is 11.9. The van der Waals surface area contributed by atoms with E-state index in [9.17, 15) is 4.79 Å². The van der Waals surface area contributed by atoms with Gasteiger partial charge in [-0.15, -0.1) is 0 Å². The van der Waals surface area contributed by atoms with E-state index in [0.29, 0.717) is 0 Å². The molecule has 0 unspecified atom stereocenters. The van der Waals surface area contributed by atoms with E-state index in [1.54, 1.807) is 0 Å². The fraction of sp³-hybridized carbons (Fsp3) is 0.900. The number of hydrogen-bond donors (Lipinski definition) is 1. The van der Waals surface area contributed by atoms with Crippen molar-refractivity contribution in [2.75, 3.05) is 39.3 Å². The summed E-state index contributed by atoms with van der Waals surface area (Å²) < 4.78 is 0. The number of nitrogens with one attached hydrogen (secondary N) is 1. The smallest absolute Gasteiger partial charge is 0.320 e. The van der Waals surface area contributed by atoms with Gasteiger partial charge in [-0.2, -0.15) is 0 Å². The standard InChI is InChI=1S/C10H21N3O/c1-3-12(4-2)10(14)13-8-5-6-11-7-9-13/h11H,3-9H2,1-2H3. The number of nitrogens with zero attached hydrogens (tertiary/aromatic N) is 2. The molecule has 1 fully saturated rings. The highest BCUT2D eigenvalue weighted by atomic mass is 16.2. The molecule has 0 aromatic rings. The van der Waals surface area contributed by atoms with Gasteiger partial charge in [-0.05, 0) is 26.8 Å². The average molecular weight is 199 g/mol. The first-order valence-electron chi connectivity index (χ1n) is 5.54. The van der Waals surface area contributed by atoms with Crippen molar-refractivity contribution in [1.29, 1.82) is 0 Å². The summed E-state index contributed by atoms with van der Waals surface area (Å²) in [5.41, 5.74) is 0. The highest BCUT2D eigenvalue weighted by Crippen LogP contribution is 2.01. The van der Waals surface area contributed by atoms with Crippen molar-refractivity contribution in [3.05, 3.63) is 0 Å². The van der Waals surface area contributed by atoms with Crippen molar-refractivity contribution >= 4 is 6.03 Å². The van der Waals surface area contributed by atoms with Gasteiger partial charge in [0, 0.05) is 32.7 Å². The lowest BCUT2D eigenvalue weighted by Gasteiger charge is -2.27. The van der Waals surface area contributed by atoms with Crippen molar-refractivity contribution in [1.82, 2.24) is 15.1 Å². The van der Waals surface area contributed by atoms with Crippen molar-refractivity contribution in [3.63, 3.8) is 0 Å². The minimum Gasteiger partial charge on any atom is -0.325 e. The van der Waals surface area contributed by atoms with Gasteiger partial charge in [-0.3, -0.25) is 0 Å². The molecule has 1 aliphatic rings. The third-order valence-electron chi connectivity index (χ3n) is 2.64. The van der Waals surface area contributed by atoms with E-state index in [0.717, 1.165) is 45.7 Å². The van der Waals surface area contributed by atoms with E-state index in [4.69, 9.17) is 0 Å². The highest BCUT2D eigenvalue weighted by molar-refractivity contribution is 5.74. The minimum atomic E-state index is 0.193. The molecule has 0 saturated carbocycles. The zero-order chi connectivity index (χ0) is 10.4. The molecular weight excluding hydrogens is 178 g/mol. The Morgan fingerprint density at radius 3 is 2.64 bits per heavy atom. The predicted molar refractivity (Wildman–Crippen MR) is 57.4 cm³/mol. The van der Waals surface area contributed by atoms with E-state index in [-0.39, 0.29) is 6.03 Å². The zero-order valence-electron chi connectivity index (χ0n) is 9.25. The van der Waals surface area contributed by atoms with Crippen molar-refractivity contribution in [3.8, 4) is 0 Å². The van der Waals surface area contributed by atoms with Crippen LogP contribution in [-0.4, -0.2) is 55.1 Å². The molecule has 4 nitrogen and oxygen atoms in total. The number of urea groups is 1. The molecule has 0 atom stereocenters. The number of amides is 2. The van der Waals surface area contributed by atoms with Crippen LogP contribution >= 0.6 is 0 Å². The van der Waals surface area contributed by atoms with Gasteiger partial charge in [0.25, 0.3) is 0 Å². The van der Waals surface area contributed by atoms with Gasteiger partial charge in [0.2, 0.25) is 0 Å². The summed E-state index contributed by atoms with van der Waals surface area (Å²) in [5.74, 6) is 0. The van der Waals surface area contributed by atoms with Gasteiger partial charge < -0.3 is 15.1 Å². The Hall–Kier alpha value is -0.770. The molecule has 2 amide bonds. The molecule has 4 heteroatoms. The van der Waals surface area contributed by atoms with E-state index in [1.807, 2.05) is 23.6 Å². The Kier molecular flexibility index (Phi) is 4.73. The normalized spacial score (nSPS) is 17.7. The fourth-order valence-corrected chi connectivity index (χ4v) is 1.73. The van der Waals surface area contributed by atoms with Gasteiger partial charge in [0.05, 0.1) is 0 Å². The lowest BCUT2D eigenvalue weighted by molar-refractivity contribution is 0.160. The highest BCUT2D eigenvalue weighted by Gasteiger charge is 2.18. The predicted octanol–water partition coefficient (Wildman–Crippen LogP) is 0.744. The molecule has 82 valence electrons. The van der Waals surface area contributed by atoms with Crippen LogP contribution in [0, 0.1) is 0 Å². The van der Waals surface area contributed by atoms with Crippen LogP contribution in [0.5, 0.6) is 0 Å². The van der Waals surface area contributed by atoms with Gasteiger partial charge >= 0.3 is 6.03 Å². The average Bonchev–Trinajstić information content (AvgIpc) is 2.47. The SMILES string of the molecule is CCN(CC)C(=O)N1CCCNCC1. The Balaban J connectivity index is 2.48. The number of carbonyl (C=O) groups is 1. The first-order valence-corrected chi connectivity index (χ1v) is 5.54. The largest absolute Gasteiger partial charge is 0.325 e. The van der Waals surface area contributed by atoms with Crippen LogP contribution in [0.2, 0.25) is 0 Å². The van der Waals surface area contributed by atoms with E-state index < -0.39 is 0 Å². The molecule has 0 radical (unpaired) electrons. The molecule has 0 aliphatic carbocycles. The summed E-state index contributed by atoms with van der Waals surface area (Å²) in [6, 6.07) is 0.193. The zero-order valence-corrected chi connectivity index (χ0v) is 9.25. The number of carbonyl (C=O) groups excluding carboxylic acids is 1. The molecule has 1 heterocycles. The lowest BCUT2D eigenvalue weighted by Crippen LogP contribution is -2.44. The van der Waals surface area contributed by atoms with E-state index in [2.05, 4.69) is 5.32 Å². The first-order chi connectivity index (χ1) is 6.79. The fourth-order valence-electron chi connectivity index (χ4n) is 1.73. The van der Waals surface area contributed by atoms with Gasteiger partial charge in [0.1, 0.15) is 0 Å². The molecular formula is C10H21N3O. The van der Waals surface area contributed by atoms with Gasteiger partial charge in [-0.25, -0.2) is 4.79 Å². The van der Waals surface area contributed by atoms with Crippen molar-refractivity contribution < 1.29 is 4.79 Å². The monoisotopic (exact) mass is 199 g/mol. The molecule has 0 aromatic heterocycles. The summed E-state index contributed by atoms with van der Waals surface area (Å²) in [7, 11) is 0. The molecule has 1 aliphatic heterocycles. The van der Waals surface area contributed by atoms with Gasteiger partial charge in [-0.1, -0.05) is 0 Å². The molecule has 0 aromatic carbocycles. The third-order valence-corrected chi connectivity index (χ3v) is 2.64. The lowest BCUT2D eigenvalue weighted by atomic mass is 10.4. The maximum absolute atomic E-state index is 11.9. The summed E-state index contributed by atoms with van der Waals surface area (Å²) in [6.07, 6.45) is 1.06. The van der Waals surface area contributed by atoms with Crippen LogP contribution in [0.4, 0.5) is 4.79 Å². The summed E-state index contributed by atoms with van der Waals surface area (Å²) >= 11 is 0. The summed E-state index contributed by atoms with van der Waals surface area (Å²) in [6.45, 7) is 9.35. The second kappa shape index (κ2) is 5.86. The van der Waals surface area contributed by atoms with Crippen LogP contribution in [0.15, 0.2) is 0 Å². The Labute approximate surface area is 86.2 Å². The maximum Gasteiger partial charge on any atom is 0.320 e. The van der Waals surface area contributed by atoms with E-state index in [1.165, 1.54) is 0 Å². The van der Waals surface area contributed by atoms with Crippen LogP contribution in [0.3, 0.4) is 0 Å². The molecule has 0 bridgehead atoms. The van der Waals surface area contributed by atoms with E-state index >= 15 is 0 Å². The molecule has 0 spiro atoms. The Morgan fingerprint density at radius 2 is 2.00 bits per heavy atom. The van der Waals surface area contributed by atoms with Gasteiger partial charge in [0.15, 0.2) is 0 Å². The second-order valence-corrected chi connectivity index (χ2v) is 3.55. The number of rotatable bonds is 2. The molecule has 1 N–H and O–H groups in total. The van der Waals surface area contributed by atoms with Crippen molar-refractivity contribution in [2.24, 2.45) is 0 Å². The number of hydrogen-bond acceptors (Lipinski definition) is 2. The quantitative estimate of drug-likeness (QED) is 0.712. The Bertz CT molecular complexity index is 172. The molecule has 1 rings (SSSR count). The molecule has 14 heavy (non-hydrogen) atoms. The Morgan fingerprint density at radius 1 is 1.29 bits per heavy atom. The van der Waals surface area contributed by atoms with Crippen LogP contribution in [0.25, 0.3) is 0 Å². The summed E-state index contributed by atoms with van der Waals surface area (Å²) in [5, 5.41) is 3.29. The topological polar surface area (TPSA) is 35.6 Å². The molecule has 1 saturated heterocycles. The van der Waals surface area contributed by atoms with Crippen LogP contribution in [0.1, 0.15) is 20.3 Å². The van der Waals surface area contributed by atoms with Crippen LogP contribution in [-0.2, 0) is 0 Å². The van der Waals surface area contributed by atoms with Crippen LogP contribution < -0.4 is 5.32 Å². The summed E-state index contributed by atoms with van der Waals surface area (Å²) in [4.78, 5) is 15.8. The first kappa shape index (κ1) is 11.3. The van der Waals surface area contributed by atoms with Crippen molar-refractivity contribution in [2.45, 2.75) is 20.3 Å². The second-order valence-electron chi connectivity index (χ2n) is 3.55. The minimum absolute atomic E-state index is 0.193.